The number of carbonyl (C=O) groups excluding carboxylic acids is 1. The molecule has 1 aromatic heterocycles. The molecule has 0 unspecified atom stereocenters. The largest absolute Gasteiger partial charge is 0.457 e. The fraction of sp³-hybridized carbons (Fsp3) is 0.0769. The Hall–Kier alpha value is -2.06. The highest BCUT2D eigenvalue weighted by Crippen LogP contribution is 2.22. The monoisotopic (exact) mass is 304 g/mol. The van der Waals surface area contributed by atoms with Crippen molar-refractivity contribution in [3.63, 3.8) is 0 Å². The van der Waals surface area contributed by atoms with Gasteiger partial charge in [-0.1, -0.05) is 12.1 Å². The van der Waals surface area contributed by atoms with Gasteiger partial charge in [-0.2, -0.15) is 5.26 Å². The lowest BCUT2D eigenvalue weighted by Gasteiger charge is -2.07. The maximum absolute atomic E-state index is 12.0. The van der Waals surface area contributed by atoms with Gasteiger partial charge in [0, 0.05) is 0 Å². The van der Waals surface area contributed by atoms with Crippen LogP contribution >= 0.6 is 15.9 Å². The lowest BCUT2D eigenvalue weighted by atomic mass is 10.1. The van der Waals surface area contributed by atoms with Crippen LogP contribution in [0, 0.1) is 18.3 Å². The van der Waals surface area contributed by atoms with E-state index in [9.17, 15) is 4.79 Å². The van der Waals surface area contributed by atoms with Gasteiger partial charge in [0.15, 0.2) is 4.67 Å². The molecule has 1 heterocycles. The number of furan rings is 1. The topological polar surface area (TPSA) is 66.0 Å². The second-order valence-electron chi connectivity index (χ2n) is 3.67. The van der Waals surface area contributed by atoms with Crippen LogP contribution in [0.4, 0.5) is 5.69 Å². The molecule has 0 atom stereocenters. The summed E-state index contributed by atoms with van der Waals surface area (Å²) in [5.74, 6) is -0.322. The van der Waals surface area contributed by atoms with Crippen LogP contribution in [0.3, 0.4) is 0 Å². The van der Waals surface area contributed by atoms with E-state index in [1.54, 1.807) is 18.2 Å². The van der Waals surface area contributed by atoms with E-state index in [1.807, 2.05) is 13.0 Å². The van der Waals surface area contributed by atoms with E-state index in [-0.39, 0.29) is 5.91 Å². The van der Waals surface area contributed by atoms with Gasteiger partial charge in [-0.15, -0.1) is 0 Å². The van der Waals surface area contributed by atoms with E-state index in [0.717, 1.165) is 5.56 Å². The van der Waals surface area contributed by atoms with E-state index >= 15 is 0 Å². The van der Waals surface area contributed by atoms with Gasteiger partial charge < -0.3 is 9.73 Å². The number of anilines is 1. The van der Waals surface area contributed by atoms with Crippen molar-refractivity contribution in [3.05, 3.63) is 51.9 Å². The highest BCUT2D eigenvalue weighted by molar-refractivity contribution is 9.10. The molecular weight excluding hydrogens is 296 g/mol. The van der Waals surface area contributed by atoms with Gasteiger partial charge in [0.05, 0.1) is 23.1 Å². The maximum atomic E-state index is 12.0. The molecule has 1 amide bonds. The molecule has 0 fully saturated rings. The summed E-state index contributed by atoms with van der Waals surface area (Å²) < 4.78 is 5.36. The number of nitrogens with zero attached hydrogens (tertiary/aromatic N) is 1. The Labute approximate surface area is 112 Å². The average Bonchev–Trinajstić information content (AvgIpc) is 2.76. The first-order valence-corrected chi connectivity index (χ1v) is 5.97. The third-order valence-corrected chi connectivity index (χ3v) is 3.11. The third-order valence-electron chi connectivity index (χ3n) is 2.50. The lowest BCUT2D eigenvalue weighted by Crippen LogP contribution is -2.12. The third kappa shape index (κ3) is 2.29. The maximum Gasteiger partial charge on any atom is 0.260 e. The molecule has 4 nitrogen and oxygen atoms in total. The number of nitriles is 1. The predicted octanol–water partition coefficient (Wildman–Crippen LogP) is 3.47. The number of aryl methyl sites for hydroxylation is 1. The van der Waals surface area contributed by atoms with E-state index < -0.39 is 0 Å². The Morgan fingerprint density at radius 1 is 1.44 bits per heavy atom. The van der Waals surface area contributed by atoms with Crippen LogP contribution in [-0.2, 0) is 0 Å². The summed E-state index contributed by atoms with van der Waals surface area (Å²) in [4.78, 5) is 12.0. The van der Waals surface area contributed by atoms with Gasteiger partial charge in [-0.05, 0) is 40.5 Å². The number of hydrogen-bond donors (Lipinski definition) is 1. The van der Waals surface area contributed by atoms with Gasteiger partial charge >= 0.3 is 0 Å². The zero-order chi connectivity index (χ0) is 13.1. The highest BCUT2D eigenvalue weighted by Gasteiger charge is 2.14. The predicted molar refractivity (Wildman–Crippen MR) is 70.3 cm³/mol. The van der Waals surface area contributed by atoms with Gasteiger partial charge in [0.25, 0.3) is 5.91 Å². The van der Waals surface area contributed by atoms with Gasteiger partial charge in [0.2, 0.25) is 0 Å². The summed E-state index contributed by atoms with van der Waals surface area (Å²) >= 11 is 3.14. The fourth-order valence-corrected chi connectivity index (χ4v) is 1.99. The molecule has 2 rings (SSSR count). The van der Waals surface area contributed by atoms with E-state index in [0.29, 0.717) is 21.5 Å². The first-order valence-electron chi connectivity index (χ1n) is 5.17. The molecule has 0 saturated carbocycles. The highest BCUT2D eigenvalue weighted by atomic mass is 79.9. The Morgan fingerprint density at radius 2 is 2.22 bits per heavy atom. The number of halogens is 1. The first-order chi connectivity index (χ1) is 8.63. The molecule has 0 aliphatic carbocycles. The fourth-order valence-electron chi connectivity index (χ4n) is 1.57. The van der Waals surface area contributed by atoms with Crippen molar-refractivity contribution in [2.45, 2.75) is 6.92 Å². The molecule has 1 aromatic carbocycles. The molecule has 18 heavy (non-hydrogen) atoms. The zero-order valence-electron chi connectivity index (χ0n) is 9.53. The van der Waals surface area contributed by atoms with Gasteiger partial charge in [-0.25, -0.2) is 0 Å². The minimum atomic E-state index is -0.322. The summed E-state index contributed by atoms with van der Waals surface area (Å²) in [5.41, 5.74) is 2.17. The molecule has 90 valence electrons. The molecule has 1 N–H and O–H groups in total. The molecule has 2 aromatic rings. The summed E-state index contributed by atoms with van der Waals surface area (Å²) in [6, 6.07) is 8.94. The minimum Gasteiger partial charge on any atom is -0.457 e. The lowest BCUT2D eigenvalue weighted by molar-refractivity contribution is 0.102. The van der Waals surface area contributed by atoms with Crippen molar-refractivity contribution in [2.75, 3.05) is 5.32 Å². The van der Waals surface area contributed by atoms with Crippen molar-refractivity contribution >= 4 is 27.5 Å². The Bertz CT molecular complexity index is 641. The van der Waals surface area contributed by atoms with Crippen LogP contribution in [0.25, 0.3) is 0 Å². The minimum absolute atomic E-state index is 0.322. The number of benzene rings is 1. The van der Waals surface area contributed by atoms with Crippen molar-refractivity contribution in [3.8, 4) is 6.07 Å². The van der Waals surface area contributed by atoms with E-state index in [4.69, 9.17) is 9.68 Å². The average molecular weight is 305 g/mol. The molecular formula is C13H9BrN2O2. The van der Waals surface area contributed by atoms with Crippen LogP contribution in [-0.4, -0.2) is 5.91 Å². The smallest absolute Gasteiger partial charge is 0.260 e. The first kappa shape index (κ1) is 12.4. The molecule has 0 spiro atoms. The van der Waals surface area contributed by atoms with Crippen LogP contribution in [0.1, 0.15) is 21.5 Å². The number of carbonyl (C=O) groups is 1. The van der Waals surface area contributed by atoms with Crippen LogP contribution in [0.15, 0.2) is 39.6 Å². The van der Waals surface area contributed by atoms with E-state index in [1.165, 1.54) is 6.26 Å². The van der Waals surface area contributed by atoms with Crippen LogP contribution in [0.5, 0.6) is 0 Å². The van der Waals surface area contributed by atoms with Crippen LogP contribution in [0.2, 0.25) is 0 Å². The van der Waals surface area contributed by atoms with E-state index in [2.05, 4.69) is 27.3 Å². The molecule has 0 aliphatic rings. The van der Waals surface area contributed by atoms with Crippen LogP contribution < -0.4 is 5.32 Å². The zero-order valence-corrected chi connectivity index (χ0v) is 11.1. The van der Waals surface area contributed by atoms with Gasteiger partial charge in [-0.3, -0.25) is 4.79 Å². The summed E-state index contributed by atoms with van der Waals surface area (Å²) in [6.45, 7) is 1.82. The molecule has 0 radical (unpaired) electrons. The Kier molecular flexibility index (Phi) is 3.49. The van der Waals surface area contributed by atoms with Crippen molar-refractivity contribution in [2.24, 2.45) is 0 Å². The Morgan fingerprint density at radius 3 is 2.83 bits per heavy atom. The molecule has 0 bridgehead atoms. The quantitative estimate of drug-likeness (QED) is 0.923. The second kappa shape index (κ2) is 5.07. The number of rotatable bonds is 2. The SMILES string of the molecule is Cc1cccc(NC(=O)c2ccoc2Br)c1C#N. The molecule has 0 aliphatic heterocycles. The summed E-state index contributed by atoms with van der Waals surface area (Å²) in [7, 11) is 0. The molecule has 0 saturated heterocycles. The summed E-state index contributed by atoms with van der Waals surface area (Å²) in [6.07, 6.45) is 1.42. The number of nitrogens with one attached hydrogen (secondary N) is 1. The Balaban J connectivity index is 2.31. The standard InChI is InChI=1S/C13H9BrN2O2/c1-8-3-2-4-11(10(8)7-15)16-13(17)9-5-6-18-12(9)14/h2-6H,1H3,(H,16,17). The van der Waals surface area contributed by atoms with Gasteiger partial charge in [0.1, 0.15) is 6.07 Å². The summed E-state index contributed by atoms with van der Waals surface area (Å²) in [5, 5.41) is 11.8. The number of hydrogen-bond acceptors (Lipinski definition) is 3. The normalized spacial score (nSPS) is 9.83. The van der Waals surface area contributed by atoms with Crippen molar-refractivity contribution in [1.29, 1.82) is 5.26 Å². The number of amides is 1. The molecule has 5 heteroatoms. The second-order valence-corrected chi connectivity index (χ2v) is 4.39. The van der Waals surface area contributed by atoms with Crippen molar-refractivity contribution < 1.29 is 9.21 Å². The van der Waals surface area contributed by atoms with Crippen molar-refractivity contribution in [1.82, 2.24) is 0 Å².